The van der Waals surface area contributed by atoms with Gasteiger partial charge in [-0.2, -0.15) is 13.5 Å². The Morgan fingerprint density at radius 1 is 1.26 bits per heavy atom. The fourth-order valence-corrected chi connectivity index (χ4v) is 3.10. The number of nitro groups is 1. The summed E-state index contributed by atoms with van der Waals surface area (Å²) in [5.74, 6) is 1.10. The number of rotatable bonds is 7. The molecule has 27 heavy (non-hydrogen) atoms. The molecule has 0 aromatic heterocycles. The highest BCUT2D eigenvalue weighted by Crippen LogP contribution is 2.37. The van der Waals surface area contributed by atoms with E-state index in [1.165, 1.54) is 36.4 Å². The van der Waals surface area contributed by atoms with Gasteiger partial charge >= 0.3 is 0 Å². The fourth-order valence-electron chi connectivity index (χ4n) is 2.31. The van der Waals surface area contributed by atoms with E-state index in [4.69, 9.17) is 14.2 Å². The lowest BCUT2D eigenvalue weighted by atomic mass is 10.1. The van der Waals surface area contributed by atoms with Gasteiger partial charge in [-0.15, -0.1) is 0 Å². The number of sulfonamides is 1. The molecule has 0 unspecified atom stereocenters. The van der Waals surface area contributed by atoms with Crippen molar-refractivity contribution >= 4 is 21.9 Å². The van der Waals surface area contributed by atoms with E-state index in [1.54, 1.807) is 0 Å². The number of hydrazone groups is 1. The number of hydrogen-bond acceptors (Lipinski definition) is 8. The fraction of sp³-hybridized carbons (Fsp3) is 0.188. The zero-order valence-electron chi connectivity index (χ0n) is 14.1. The first kappa shape index (κ1) is 18.5. The van der Waals surface area contributed by atoms with Crippen LogP contribution in [-0.4, -0.2) is 33.0 Å². The molecular formula is C16H15N3O7S. The highest BCUT2D eigenvalue weighted by Gasteiger charge is 2.22. The molecule has 3 rings (SSSR count). The molecule has 2 aromatic rings. The van der Waals surface area contributed by atoms with Crippen LogP contribution in [0.25, 0.3) is 0 Å². The SMILES string of the molecule is CCOc1ccc(S(=O)(=O)NN=Cc2cc3c(cc2[N+](=O)[O-])OCO3)cc1. The third-order valence-electron chi connectivity index (χ3n) is 3.54. The van der Waals surface area contributed by atoms with E-state index in [0.717, 1.165) is 6.21 Å². The zero-order chi connectivity index (χ0) is 19.4. The van der Waals surface area contributed by atoms with Gasteiger partial charge in [0.15, 0.2) is 11.5 Å². The van der Waals surface area contributed by atoms with E-state index in [9.17, 15) is 18.5 Å². The van der Waals surface area contributed by atoms with E-state index in [-0.39, 0.29) is 28.7 Å². The van der Waals surface area contributed by atoms with Gasteiger partial charge in [0.2, 0.25) is 6.79 Å². The van der Waals surface area contributed by atoms with Crippen LogP contribution in [0.4, 0.5) is 5.69 Å². The molecule has 142 valence electrons. The molecular weight excluding hydrogens is 378 g/mol. The molecule has 0 radical (unpaired) electrons. The van der Waals surface area contributed by atoms with E-state index in [0.29, 0.717) is 18.1 Å². The van der Waals surface area contributed by atoms with Crippen molar-refractivity contribution in [2.45, 2.75) is 11.8 Å². The molecule has 1 aliphatic rings. The van der Waals surface area contributed by atoms with Crippen molar-refractivity contribution in [3.8, 4) is 17.2 Å². The third-order valence-corrected chi connectivity index (χ3v) is 4.78. The highest BCUT2D eigenvalue weighted by atomic mass is 32.2. The van der Waals surface area contributed by atoms with Crippen LogP contribution in [0, 0.1) is 10.1 Å². The molecule has 1 heterocycles. The van der Waals surface area contributed by atoms with Gasteiger partial charge in [-0.05, 0) is 37.3 Å². The molecule has 0 aliphatic carbocycles. The van der Waals surface area contributed by atoms with E-state index in [1.807, 2.05) is 11.8 Å². The molecule has 0 spiro atoms. The smallest absolute Gasteiger partial charge is 0.282 e. The number of benzene rings is 2. The number of fused-ring (bicyclic) bond motifs is 1. The van der Waals surface area contributed by atoms with Crippen LogP contribution >= 0.6 is 0 Å². The summed E-state index contributed by atoms with van der Waals surface area (Å²) < 4.78 is 40.0. The molecule has 0 bridgehead atoms. The summed E-state index contributed by atoms with van der Waals surface area (Å²) >= 11 is 0. The second-order valence-corrected chi connectivity index (χ2v) is 6.94. The molecule has 0 atom stereocenters. The maximum Gasteiger partial charge on any atom is 0.282 e. The molecule has 0 amide bonds. The predicted octanol–water partition coefficient (Wildman–Crippen LogP) is 2.03. The Hall–Kier alpha value is -3.34. The maximum absolute atomic E-state index is 12.3. The Balaban J connectivity index is 1.79. The van der Waals surface area contributed by atoms with E-state index in [2.05, 4.69) is 5.10 Å². The van der Waals surface area contributed by atoms with Gasteiger partial charge < -0.3 is 14.2 Å². The van der Waals surface area contributed by atoms with Crippen LogP contribution in [-0.2, 0) is 10.0 Å². The summed E-state index contributed by atoms with van der Waals surface area (Å²) in [6.07, 6.45) is 1.03. The van der Waals surface area contributed by atoms with Crippen molar-refractivity contribution in [1.82, 2.24) is 4.83 Å². The topological polar surface area (TPSA) is 129 Å². The lowest BCUT2D eigenvalue weighted by Gasteiger charge is -2.06. The number of nitrogens with one attached hydrogen (secondary N) is 1. The number of hydrogen-bond donors (Lipinski definition) is 1. The lowest BCUT2D eigenvalue weighted by molar-refractivity contribution is -0.385. The Labute approximate surface area is 154 Å². The molecule has 10 nitrogen and oxygen atoms in total. The van der Waals surface area contributed by atoms with Gasteiger partial charge in [-0.1, -0.05) is 0 Å². The van der Waals surface area contributed by atoms with Crippen molar-refractivity contribution in [3.05, 3.63) is 52.1 Å². The first-order chi connectivity index (χ1) is 12.9. The van der Waals surface area contributed by atoms with Crippen LogP contribution in [0.1, 0.15) is 12.5 Å². The van der Waals surface area contributed by atoms with Gasteiger partial charge in [-0.3, -0.25) is 10.1 Å². The summed E-state index contributed by atoms with van der Waals surface area (Å²) in [7, 11) is -3.94. The highest BCUT2D eigenvalue weighted by molar-refractivity contribution is 7.89. The summed E-state index contributed by atoms with van der Waals surface area (Å²) in [4.78, 5) is 12.6. The van der Waals surface area contributed by atoms with Crippen LogP contribution in [0.5, 0.6) is 17.2 Å². The number of nitrogens with zero attached hydrogens (tertiary/aromatic N) is 2. The van der Waals surface area contributed by atoms with Crippen molar-refractivity contribution in [1.29, 1.82) is 0 Å². The van der Waals surface area contributed by atoms with Gasteiger partial charge in [0, 0.05) is 0 Å². The minimum Gasteiger partial charge on any atom is -0.494 e. The molecule has 0 saturated carbocycles. The monoisotopic (exact) mass is 393 g/mol. The van der Waals surface area contributed by atoms with E-state index < -0.39 is 14.9 Å². The number of nitro benzene ring substituents is 1. The molecule has 11 heteroatoms. The molecule has 0 saturated heterocycles. The van der Waals surface area contributed by atoms with Crippen LogP contribution < -0.4 is 19.0 Å². The van der Waals surface area contributed by atoms with Gasteiger partial charge in [0.25, 0.3) is 15.7 Å². The van der Waals surface area contributed by atoms with Crippen LogP contribution in [0.3, 0.4) is 0 Å². The summed E-state index contributed by atoms with van der Waals surface area (Å²) in [5.41, 5.74) is -0.220. The standard InChI is InChI=1S/C16H15N3O7S/c1-2-24-12-3-5-13(6-4-12)27(22,23)18-17-9-11-7-15-16(26-10-25-15)8-14(11)19(20)21/h3-9,18H,2,10H2,1H3. The minimum atomic E-state index is -3.94. The molecule has 0 fully saturated rings. The first-order valence-corrected chi connectivity index (χ1v) is 9.25. The van der Waals surface area contributed by atoms with Crippen molar-refractivity contribution < 1.29 is 27.6 Å². The Morgan fingerprint density at radius 3 is 2.56 bits per heavy atom. The predicted molar refractivity (Wildman–Crippen MR) is 94.7 cm³/mol. The second-order valence-electron chi connectivity index (χ2n) is 5.28. The molecule has 1 aliphatic heterocycles. The summed E-state index contributed by atoms with van der Waals surface area (Å²) in [5, 5.41) is 14.8. The largest absolute Gasteiger partial charge is 0.494 e. The first-order valence-electron chi connectivity index (χ1n) is 7.76. The number of ether oxygens (including phenoxy) is 3. The van der Waals surface area contributed by atoms with Crippen molar-refractivity contribution in [2.24, 2.45) is 5.10 Å². The zero-order valence-corrected chi connectivity index (χ0v) is 14.9. The average Bonchev–Trinajstić information content (AvgIpc) is 3.09. The Morgan fingerprint density at radius 2 is 1.93 bits per heavy atom. The molecule has 2 aromatic carbocycles. The van der Waals surface area contributed by atoms with Crippen molar-refractivity contribution in [2.75, 3.05) is 13.4 Å². The molecule has 1 N–H and O–H groups in total. The summed E-state index contributed by atoms with van der Waals surface area (Å²) in [6.45, 7) is 2.23. The van der Waals surface area contributed by atoms with Crippen LogP contribution in [0.15, 0.2) is 46.4 Å². The third kappa shape index (κ3) is 4.08. The Bertz CT molecular complexity index is 988. The van der Waals surface area contributed by atoms with Gasteiger partial charge in [0.1, 0.15) is 5.75 Å². The quantitative estimate of drug-likeness (QED) is 0.433. The van der Waals surface area contributed by atoms with Gasteiger partial charge in [-0.25, -0.2) is 4.83 Å². The second kappa shape index (κ2) is 7.50. The van der Waals surface area contributed by atoms with Gasteiger partial charge in [0.05, 0.1) is 34.3 Å². The van der Waals surface area contributed by atoms with E-state index >= 15 is 0 Å². The maximum atomic E-state index is 12.3. The van der Waals surface area contributed by atoms with Crippen LogP contribution in [0.2, 0.25) is 0 Å². The average molecular weight is 393 g/mol. The minimum absolute atomic E-state index is 0.0247. The summed E-state index contributed by atoms with van der Waals surface area (Å²) in [6, 6.07) is 8.33. The van der Waals surface area contributed by atoms with Crippen molar-refractivity contribution in [3.63, 3.8) is 0 Å². The normalized spacial score (nSPS) is 12.9. The lowest BCUT2D eigenvalue weighted by Crippen LogP contribution is -2.18. The Kier molecular flexibility index (Phi) is 5.12.